The van der Waals surface area contributed by atoms with E-state index in [1.165, 1.54) is 12.1 Å². The average Bonchev–Trinajstić information content (AvgIpc) is 2.75. The highest BCUT2D eigenvalue weighted by Gasteiger charge is 2.21. The average molecular weight is 277 g/mol. The summed E-state index contributed by atoms with van der Waals surface area (Å²) in [6, 6.07) is 9.84. The largest absolute Gasteiger partial charge is 0.348 e. The Balaban J connectivity index is 2.25. The van der Waals surface area contributed by atoms with Gasteiger partial charge in [0.2, 0.25) is 0 Å². The van der Waals surface area contributed by atoms with Gasteiger partial charge in [0, 0.05) is 13.2 Å². The molecule has 2 aromatic rings. The van der Waals surface area contributed by atoms with Crippen molar-refractivity contribution < 1.29 is 13.2 Å². The van der Waals surface area contributed by atoms with Crippen LogP contribution in [0.2, 0.25) is 0 Å². The number of benzene rings is 1. The summed E-state index contributed by atoms with van der Waals surface area (Å²) in [6.07, 6.45) is 1.71. The number of rotatable bonds is 4. The third-order valence-corrected chi connectivity index (χ3v) is 4.56. The highest BCUT2D eigenvalue weighted by molar-refractivity contribution is 7.92. The van der Waals surface area contributed by atoms with Crippen LogP contribution in [0.25, 0.3) is 0 Å². The molecule has 0 fully saturated rings. The van der Waals surface area contributed by atoms with Crippen molar-refractivity contribution in [3.8, 4) is 0 Å². The first-order valence-electron chi connectivity index (χ1n) is 5.84. The van der Waals surface area contributed by atoms with Gasteiger partial charge in [0.1, 0.15) is 5.75 Å². The third-order valence-electron chi connectivity index (χ3n) is 2.93. The Kier molecular flexibility index (Phi) is 3.57. The van der Waals surface area contributed by atoms with Crippen LogP contribution < -0.4 is 0 Å². The molecule has 1 aromatic carbocycles. The van der Waals surface area contributed by atoms with E-state index in [9.17, 15) is 13.2 Å². The fraction of sp³-hybridized carbons (Fsp3) is 0.214. The van der Waals surface area contributed by atoms with Crippen molar-refractivity contribution in [2.24, 2.45) is 7.05 Å². The Morgan fingerprint density at radius 2 is 1.79 bits per heavy atom. The quantitative estimate of drug-likeness (QED) is 0.803. The highest BCUT2D eigenvalue weighted by Crippen LogP contribution is 2.14. The molecule has 0 aliphatic heterocycles. The second-order valence-corrected chi connectivity index (χ2v) is 6.49. The number of aromatic nitrogens is 1. The van der Waals surface area contributed by atoms with Crippen molar-refractivity contribution in [1.82, 2.24) is 4.57 Å². The van der Waals surface area contributed by atoms with E-state index < -0.39 is 21.4 Å². The van der Waals surface area contributed by atoms with Gasteiger partial charge in [-0.05, 0) is 31.2 Å². The maximum absolute atomic E-state index is 12.1. The summed E-state index contributed by atoms with van der Waals surface area (Å²) in [5, 5.41) is 0. The van der Waals surface area contributed by atoms with Gasteiger partial charge in [-0.2, -0.15) is 0 Å². The van der Waals surface area contributed by atoms with Gasteiger partial charge in [-0.3, -0.25) is 4.79 Å². The molecule has 0 spiro atoms. The number of nitrogens with zero attached hydrogens (tertiary/aromatic N) is 1. The molecule has 5 heteroatoms. The van der Waals surface area contributed by atoms with Crippen LogP contribution >= 0.6 is 0 Å². The van der Waals surface area contributed by atoms with E-state index in [1.54, 1.807) is 42.1 Å². The minimum atomic E-state index is -3.58. The van der Waals surface area contributed by atoms with Crippen molar-refractivity contribution >= 4 is 15.6 Å². The molecule has 0 amide bonds. The van der Waals surface area contributed by atoms with Crippen LogP contribution in [0.4, 0.5) is 0 Å². The van der Waals surface area contributed by atoms with E-state index in [-0.39, 0.29) is 4.90 Å². The first-order valence-corrected chi connectivity index (χ1v) is 7.49. The maximum atomic E-state index is 12.1. The number of carbonyl (C=O) groups is 1. The fourth-order valence-electron chi connectivity index (χ4n) is 1.83. The Morgan fingerprint density at radius 3 is 2.32 bits per heavy atom. The molecule has 1 heterocycles. The van der Waals surface area contributed by atoms with Gasteiger partial charge in [-0.15, -0.1) is 0 Å². The number of aryl methyl sites for hydroxylation is 2. The van der Waals surface area contributed by atoms with Gasteiger partial charge < -0.3 is 4.57 Å². The van der Waals surface area contributed by atoms with E-state index in [1.807, 2.05) is 6.92 Å². The lowest BCUT2D eigenvalue weighted by molar-refractivity contribution is 0.101. The Hall–Kier alpha value is -1.88. The number of ketones is 1. The van der Waals surface area contributed by atoms with Gasteiger partial charge >= 0.3 is 0 Å². The van der Waals surface area contributed by atoms with Crippen LogP contribution in [0.5, 0.6) is 0 Å². The van der Waals surface area contributed by atoms with E-state index in [0.717, 1.165) is 5.56 Å². The molecule has 2 rings (SSSR count). The smallest absolute Gasteiger partial charge is 0.194 e. The highest BCUT2D eigenvalue weighted by atomic mass is 32.2. The summed E-state index contributed by atoms with van der Waals surface area (Å²) in [6.45, 7) is 1.88. The topological polar surface area (TPSA) is 56.1 Å². The Labute approximate surface area is 112 Å². The summed E-state index contributed by atoms with van der Waals surface area (Å²) in [5.74, 6) is -0.901. The predicted molar refractivity (Wildman–Crippen MR) is 73.0 cm³/mol. The second-order valence-electron chi connectivity index (χ2n) is 4.50. The lowest BCUT2D eigenvalue weighted by atomic mass is 10.2. The van der Waals surface area contributed by atoms with Crippen LogP contribution in [0.1, 0.15) is 16.1 Å². The zero-order chi connectivity index (χ0) is 14.0. The van der Waals surface area contributed by atoms with E-state index in [4.69, 9.17) is 0 Å². The summed E-state index contributed by atoms with van der Waals surface area (Å²) in [7, 11) is -1.87. The predicted octanol–water partition coefficient (Wildman–Crippen LogP) is 1.99. The lowest BCUT2D eigenvalue weighted by Crippen LogP contribution is -2.18. The Bertz CT molecular complexity index is 697. The van der Waals surface area contributed by atoms with Crippen molar-refractivity contribution in [2.75, 3.05) is 5.75 Å². The third kappa shape index (κ3) is 2.93. The lowest BCUT2D eigenvalue weighted by Gasteiger charge is -2.05. The standard InChI is InChI=1S/C14H15NO3S/c1-11-5-7-12(8-6-11)19(17,18)10-14(16)13-4-3-9-15(13)2/h3-9H,10H2,1-2H3. The van der Waals surface area contributed by atoms with Crippen molar-refractivity contribution in [2.45, 2.75) is 11.8 Å². The van der Waals surface area contributed by atoms with E-state index in [2.05, 4.69) is 0 Å². The number of hydrogen-bond acceptors (Lipinski definition) is 3. The molecular formula is C14H15NO3S. The van der Waals surface area contributed by atoms with Gasteiger partial charge in [0.05, 0.1) is 10.6 Å². The van der Waals surface area contributed by atoms with Crippen LogP contribution in [-0.2, 0) is 16.9 Å². The molecule has 19 heavy (non-hydrogen) atoms. The fourth-order valence-corrected chi connectivity index (χ4v) is 3.04. The van der Waals surface area contributed by atoms with Crippen LogP contribution in [0, 0.1) is 6.92 Å². The molecule has 0 aliphatic carbocycles. The Morgan fingerprint density at radius 1 is 1.16 bits per heavy atom. The minimum Gasteiger partial charge on any atom is -0.348 e. The summed E-state index contributed by atoms with van der Waals surface area (Å²) < 4.78 is 25.9. The number of hydrogen-bond donors (Lipinski definition) is 0. The first kappa shape index (κ1) is 13.5. The molecule has 0 N–H and O–H groups in total. The molecule has 0 unspecified atom stereocenters. The molecule has 0 saturated heterocycles. The maximum Gasteiger partial charge on any atom is 0.194 e. The van der Waals surface area contributed by atoms with Crippen LogP contribution in [0.15, 0.2) is 47.5 Å². The number of carbonyl (C=O) groups excluding carboxylic acids is 1. The molecule has 0 atom stereocenters. The van der Waals surface area contributed by atoms with Crippen molar-refractivity contribution in [1.29, 1.82) is 0 Å². The SMILES string of the molecule is Cc1ccc(S(=O)(=O)CC(=O)c2cccn2C)cc1. The zero-order valence-corrected chi connectivity index (χ0v) is 11.6. The molecule has 4 nitrogen and oxygen atoms in total. The molecular weight excluding hydrogens is 262 g/mol. The number of sulfone groups is 1. The van der Waals surface area contributed by atoms with Crippen molar-refractivity contribution in [3.05, 3.63) is 53.9 Å². The monoisotopic (exact) mass is 277 g/mol. The number of Topliss-reactive ketones (excluding diaryl/α,β-unsaturated/α-hetero) is 1. The summed E-state index contributed by atoms with van der Waals surface area (Å²) in [4.78, 5) is 12.2. The van der Waals surface area contributed by atoms with Gasteiger partial charge in [0.15, 0.2) is 15.6 Å². The molecule has 1 aromatic heterocycles. The minimum absolute atomic E-state index is 0.181. The van der Waals surface area contributed by atoms with E-state index >= 15 is 0 Å². The van der Waals surface area contributed by atoms with Crippen LogP contribution in [0.3, 0.4) is 0 Å². The first-order chi connectivity index (χ1) is 8.90. The normalized spacial score (nSPS) is 11.5. The molecule has 100 valence electrons. The zero-order valence-electron chi connectivity index (χ0n) is 10.8. The summed E-state index contributed by atoms with van der Waals surface area (Å²) in [5.41, 5.74) is 1.38. The van der Waals surface area contributed by atoms with Crippen molar-refractivity contribution in [3.63, 3.8) is 0 Å². The van der Waals surface area contributed by atoms with Gasteiger partial charge in [-0.25, -0.2) is 8.42 Å². The molecule has 0 radical (unpaired) electrons. The van der Waals surface area contributed by atoms with Crippen LogP contribution in [-0.4, -0.2) is 24.5 Å². The summed E-state index contributed by atoms with van der Waals surface area (Å²) >= 11 is 0. The molecule has 0 bridgehead atoms. The van der Waals surface area contributed by atoms with Gasteiger partial charge in [-0.1, -0.05) is 17.7 Å². The second kappa shape index (κ2) is 5.01. The van der Waals surface area contributed by atoms with E-state index in [0.29, 0.717) is 5.69 Å². The molecule has 0 saturated carbocycles. The van der Waals surface area contributed by atoms with Gasteiger partial charge in [0.25, 0.3) is 0 Å². The molecule has 0 aliphatic rings.